The lowest BCUT2D eigenvalue weighted by atomic mass is 10.0. The lowest BCUT2D eigenvalue weighted by Crippen LogP contribution is -2.20. The number of nitrogens with two attached hydrogens (primary N) is 1. The molecule has 112 valence electrons. The van der Waals surface area contributed by atoms with Gasteiger partial charge in [-0.1, -0.05) is 30.3 Å². The SMILES string of the molecule is Nc1[nH]n(-c2ccccc2)c(=O)c1C(O)c1ccc(F)cc1. The summed E-state index contributed by atoms with van der Waals surface area (Å²) in [5.74, 6) is -0.342. The number of para-hydroxylation sites is 1. The van der Waals surface area contributed by atoms with Gasteiger partial charge in [0.1, 0.15) is 17.7 Å². The molecule has 0 aliphatic heterocycles. The number of aromatic amines is 1. The number of benzene rings is 2. The number of nitrogen functional groups attached to an aromatic ring is 1. The van der Waals surface area contributed by atoms with Crippen molar-refractivity contribution in [2.45, 2.75) is 6.10 Å². The van der Waals surface area contributed by atoms with Crippen molar-refractivity contribution in [3.05, 3.63) is 81.9 Å². The fourth-order valence-electron chi connectivity index (χ4n) is 2.30. The number of halogens is 1. The van der Waals surface area contributed by atoms with Crippen LogP contribution in [0.1, 0.15) is 17.2 Å². The highest BCUT2D eigenvalue weighted by atomic mass is 19.1. The van der Waals surface area contributed by atoms with Gasteiger partial charge in [0, 0.05) is 0 Å². The molecule has 6 heteroatoms. The minimum Gasteiger partial charge on any atom is -0.384 e. The van der Waals surface area contributed by atoms with Crippen LogP contribution in [0.2, 0.25) is 0 Å². The molecule has 3 rings (SSSR count). The van der Waals surface area contributed by atoms with Crippen molar-refractivity contribution in [2.75, 3.05) is 5.73 Å². The largest absolute Gasteiger partial charge is 0.384 e. The Bertz CT molecular complexity index is 838. The molecule has 1 heterocycles. The molecule has 1 atom stereocenters. The molecular formula is C16H14FN3O2. The molecule has 3 aromatic rings. The number of H-pyrrole nitrogens is 1. The van der Waals surface area contributed by atoms with Crippen LogP contribution in [0.4, 0.5) is 10.2 Å². The van der Waals surface area contributed by atoms with Crippen LogP contribution in [0.15, 0.2) is 59.4 Å². The molecule has 5 nitrogen and oxygen atoms in total. The molecular weight excluding hydrogens is 285 g/mol. The van der Waals surface area contributed by atoms with Crippen LogP contribution < -0.4 is 11.3 Å². The van der Waals surface area contributed by atoms with E-state index in [2.05, 4.69) is 5.10 Å². The summed E-state index contributed by atoms with van der Waals surface area (Å²) in [7, 11) is 0. The molecule has 0 fully saturated rings. The molecule has 0 bridgehead atoms. The van der Waals surface area contributed by atoms with Crippen molar-refractivity contribution < 1.29 is 9.50 Å². The van der Waals surface area contributed by atoms with E-state index in [0.717, 1.165) is 0 Å². The molecule has 1 unspecified atom stereocenters. The van der Waals surface area contributed by atoms with Gasteiger partial charge < -0.3 is 10.8 Å². The van der Waals surface area contributed by atoms with E-state index in [0.29, 0.717) is 11.3 Å². The number of aliphatic hydroxyl groups excluding tert-OH is 1. The van der Waals surface area contributed by atoms with Gasteiger partial charge in [-0.3, -0.25) is 9.89 Å². The van der Waals surface area contributed by atoms with Crippen molar-refractivity contribution in [2.24, 2.45) is 0 Å². The number of anilines is 1. The number of aromatic nitrogens is 2. The summed E-state index contributed by atoms with van der Waals surface area (Å²) in [6.45, 7) is 0. The van der Waals surface area contributed by atoms with E-state index in [1.54, 1.807) is 24.3 Å². The van der Waals surface area contributed by atoms with E-state index in [4.69, 9.17) is 5.73 Å². The van der Waals surface area contributed by atoms with Gasteiger partial charge in [-0.2, -0.15) is 0 Å². The average Bonchev–Trinajstić information content (AvgIpc) is 2.83. The maximum absolute atomic E-state index is 13.0. The van der Waals surface area contributed by atoms with Crippen molar-refractivity contribution in [1.82, 2.24) is 9.78 Å². The average molecular weight is 299 g/mol. The fourth-order valence-corrected chi connectivity index (χ4v) is 2.30. The first kappa shape index (κ1) is 14.1. The quantitative estimate of drug-likeness (QED) is 0.691. The highest BCUT2D eigenvalue weighted by Crippen LogP contribution is 2.23. The van der Waals surface area contributed by atoms with Gasteiger partial charge in [-0.25, -0.2) is 9.07 Å². The number of hydrogen-bond acceptors (Lipinski definition) is 3. The van der Waals surface area contributed by atoms with Gasteiger partial charge in [0.15, 0.2) is 0 Å². The Hall–Kier alpha value is -2.86. The fraction of sp³-hybridized carbons (Fsp3) is 0.0625. The first-order valence-electron chi connectivity index (χ1n) is 6.67. The highest BCUT2D eigenvalue weighted by molar-refractivity contribution is 5.46. The summed E-state index contributed by atoms with van der Waals surface area (Å²) in [5.41, 5.74) is 6.43. The third kappa shape index (κ3) is 2.40. The molecule has 22 heavy (non-hydrogen) atoms. The monoisotopic (exact) mass is 299 g/mol. The summed E-state index contributed by atoms with van der Waals surface area (Å²) in [6.07, 6.45) is -1.23. The summed E-state index contributed by atoms with van der Waals surface area (Å²) in [5, 5.41) is 13.1. The Morgan fingerprint density at radius 3 is 2.36 bits per heavy atom. The minimum absolute atomic E-state index is 0.0375. The number of nitrogens with one attached hydrogen (secondary N) is 1. The molecule has 4 N–H and O–H groups in total. The van der Waals surface area contributed by atoms with E-state index in [1.165, 1.54) is 28.9 Å². The van der Waals surface area contributed by atoms with Gasteiger partial charge in [0.05, 0.1) is 11.3 Å². The smallest absolute Gasteiger partial charge is 0.279 e. The normalized spacial score (nSPS) is 12.3. The molecule has 2 aromatic carbocycles. The lowest BCUT2D eigenvalue weighted by Gasteiger charge is -2.08. The summed E-state index contributed by atoms with van der Waals surface area (Å²) < 4.78 is 14.2. The van der Waals surface area contributed by atoms with E-state index in [-0.39, 0.29) is 11.4 Å². The molecule has 0 aliphatic carbocycles. The third-order valence-electron chi connectivity index (χ3n) is 3.43. The number of aliphatic hydroxyl groups is 1. The van der Waals surface area contributed by atoms with Gasteiger partial charge in [-0.05, 0) is 29.8 Å². The lowest BCUT2D eigenvalue weighted by molar-refractivity contribution is 0.219. The molecule has 0 radical (unpaired) electrons. The topological polar surface area (TPSA) is 84.0 Å². The van der Waals surface area contributed by atoms with Crippen molar-refractivity contribution in [3.63, 3.8) is 0 Å². The van der Waals surface area contributed by atoms with E-state index in [1.807, 2.05) is 6.07 Å². The van der Waals surface area contributed by atoms with E-state index in [9.17, 15) is 14.3 Å². The Morgan fingerprint density at radius 1 is 1.09 bits per heavy atom. The zero-order valence-electron chi connectivity index (χ0n) is 11.5. The molecule has 0 saturated heterocycles. The zero-order valence-corrected chi connectivity index (χ0v) is 11.5. The van der Waals surface area contributed by atoms with E-state index >= 15 is 0 Å². The van der Waals surface area contributed by atoms with E-state index < -0.39 is 17.5 Å². The minimum atomic E-state index is -1.23. The molecule has 0 aliphatic rings. The summed E-state index contributed by atoms with van der Waals surface area (Å²) >= 11 is 0. The van der Waals surface area contributed by atoms with Gasteiger partial charge in [0.2, 0.25) is 0 Å². The standard InChI is InChI=1S/C16H14FN3O2/c17-11-8-6-10(7-9-11)14(21)13-15(18)19-20(16(13)22)12-4-2-1-3-5-12/h1-9,14,19,21H,18H2. The maximum atomic E-state index is 13.0. The Balaban J connectivity index is 2.07. The van der Waals surface area contributed by atoms with Crippen LogP contribution in [0.5, 0.6) is 0 Å². The predicted octanol–water partition coefficient (Wildman–Crippen LogP) is 1.97. The third-order valence-corrected chi connectivity index (χ3v) is 3.43. The Morgan fingerprint density at radius 2 is 1.73 bits per heavy atom. The first-order chi connectivity index (χ1) is 10.6. The van der Waals surface area contributed by atoms with Crippen molar-refractivity contribution in [1.29, 1.82) is 0 Å². The van der Waals surface area contributed by atoms with Crippen LogP contribution in [0, 0.1) is 5.82 Å². The van der Waals surface area contributed by atoms with Gasteiger partial charge in [-0.15, -0.1) is 0 Å². The summed E-state index contributed by atoms with van der Waals surface area (Å²) in [6, 6.07) is 14.2. The Kier molecular flexibility index (Phi) is 3.52. The molecule has 0 spiro atoms. The molecule has 0 amide bonds. The summed E-state index contributed by atoms with van der Waals surface area (Å²) in [4.78, 5) is 12.5. The molecule has 1 aromatic heterocycles. The van der Waals surface area contributed by atoms with Crippen molar-refractivity contribution >= 4 is 5.82 Å². The molecule has 0 saturated carbocycles. The highest BCUT2D eigenvalue weighted by Gasteiger charge is 2.22. The second-order valence-corrected chi connectivity index (χ2v) is 4.87. The van der Waals surface area contributed by atoms with Gasteiger partial charge in [0.25, 0.3) is 5.56 Å². The van der Waals surface area contributed by atoms with Crippen LogP contribution in [0.3, 0.4) is 0 Å². The van der Waals surface area contributed by atoms with Crippen LogP contribution in [-0.4, -0.2) is 14.9 Å². The van der Waals surface area contributed by atoms with Gasteiger partial charge >= 0.3 is 0 Å². The first-order valence-corrected chi connectivity index (χ1v) is 6.67. The van der Waals surface area contributed by atoms with Crippen LogP contribution in [0.25, 0.3) is 5.69 Å². The predicted molar refractivity (Wildman–Crippen MR) is 81.3 cm³/mol. The number of nitrogens with zero attached hydrogens (tertiary/aromatic N) is 1. The second kappa shape index (κ2) is 5.50. The maximum Gasteiger partial charge on any atom is 0.279 e. The van der Waals surface area contributed by atoms with Crippen LogP contribution in [-0.2, 0) is 0 Å². The van der Waals surface area contributed by atoms with Crippen molar-refractivity contribution in [3.8, 4) is 5.69 Å². The Labute approximate surface area is 125 Å². The number of rotatable bonds is 3. The number of hydrogen-bond donors (Lipinski definition) is 3. The second-order valence-electron chi connectivity index (χ2n) is 4.87. The van der Waals surface area contributed by atoms with Crippen LogP contribution >= 0.6 is 0 Å². The zero-order chi connectivity index (χ0) is 15.7.